The van der Waals surface area contributed by atoms with Crippen LogP contribution in [-0.2, 0) is 11.3 Å². The molecule has 0 N–H and O–H groups in total. The number of para-hydroxylation sites is 1. The number of likely N-dealkylation sites (N-methyl/N-ethyl adjacent to an activating group) is 1. The van der Waals surface area contributed by atoms with E-state index in [2.05, 4.69) is 10.1 Å². The summed E-state index contributed by atoms with van der Waals surface area (Å²) in [7, 11) is 1.69. The number of nitrogens with zero attached hydrogens (tertiary/aromatic N) is 3. The third-order valence-corrected chi connectivity index (χ3v) is 4.58. The lowest BCUT2D eigenvalue weighted by Gasteiger charge is -2.23. The van der Waals surface area contributed by atoms with Crippen molar-refractivity contribution in [3.63, 3.8) is 0 Å². The Kier molecular flexibility index (Phi) is 6.31. The lowest BCUT2D eigenvalue weighted by molar-refractivity contribution is -0.138. The zero-order valence-electron chi connectivity index (χ0n) is 16.1. The van der Waals surface area contributed by atoms with Crippen LogP contribution in [0, 0.1) is 6.92 Å². The van der Waals surface area contributed by atoms with E-state index in [-0.39, 0.29) is 12.5 Å². The Balaban J connectivity index is 1.66. The molecule has 1 aromatic heterocycles. The van der Waals surface area contributed by atoms with Crippen molar-refractivity contribution < 1.29 is 14.1 Å². The van der Waals surface area contributed by atoms with Gasteiger partial charge in [0.05, 0.1) is 6.54 Å². The van der Waals surface area contributed by atoms with Crippen LogP contribution in [0.25, 0.3) is 11.4 Å². The molecule has 28 heavy (non-hydrogen) atoms. The summed E-state index contributed by atoms with van der Waals surface area (Å²) in [6.07, 6.45) is -0.0260. The average molecular weight is 400 g/mol. The molecule has 1 heterocycles. The summed E-state index contributed by atoms with van der Waals surface area (Å²) in [5.74, 6) is 1.37. The van der Waals surface area contributed by atoms with E-state index < -0.39 is 6.10 Å². The molecule has 0 radical (unpaired) electrons. The van der Waals surface area contributed by atoms with E-state index in [1.54, 1.807) is 19.2 Å². The van der Waals surface area contributed by atoms with Crippen molar-refractivity contribution in [1.29, 1.82) is 0 Å². The van der Waals surface area contributed by atoms with Crippen molar-refractivity contribution in [2.75, 3.05) is 7.05 Å². The van der Waals surface area contributed by atoms with Gasteiger partial charge >= 0.3 is 0 Å². The van der Waals surface area contributed by atoms with Gasteiger partial charge in [-0.05, 0) is 49.2 Å². The van der Waals surface area contributed by atoms with Gasteiger partial charge in [-0.3, -0.25) is 4.79 Å². The van der Waals surface area contributed by atoms with Crippen LogP contribution in [0.1, 0.15) is 24.8 Å². The van der Waals surface area contributed by atoms with Gasteiger partial charge < -0.3 is 14.2 Å². The lowest BCUT2D eigenvalue weighted by atomic mass is 10.2. The standard InChI is InChI=1S/C21H22ClN3O3/c1-4-17(27-18-8-6-5-7-14(18)2)21(26)25(3)13-19-23-20(24-28-19)15-9-11-16(22)12-10-15/h5-12,17H,4,13H2,1-3H3/t17-/m0/s1. The second kappa shape index (κ2) is 8.89. The van der Waals surface area contributed by atoms with Gasteiger partial charge in [-0.15, -0.1) is 0 Å². The predicted molar refractivity (Wildman–Crippen MR) is 107 cm³/mol. The van der Waals surface area contributed by atoms with Gasteiger partial charge in [-0.25, -0.2) is 0 Å². The van der Waals surface area contributed by atoms with Crippen molar-refractivity contribution in [3.05, 3.63) is 65.0 Å². The minimum Gasteiger partial charge on any atom is -0.480 e. The monoisotopic (exact) mass is 399 g/mol. The summed E-state index contributed by atoms with van der Waals surface area (Å²) in [5, 5.41) is 4.61. The SMILES string of the molecule is CC[C@H](Oc1ccccc1C)C(=O)N(C)Cc1nc(-c2ccc(Cl)cc2)no1. The zero-order chi connectivity index (χ0) is 20.1. The van der Waals surface area contributed by atoms with Gasteiger partial charge in [-0.2, -0.15) is 4.98 Å². The minimum absolute atomic E-state index is 0.142. The maximum absolute atomic E-state index is 12.8. The summed E-state index contributed by atoms with van der Waals surface area (Å²) in [6, 6.07) is 14.8. The number of aryl methyl sites for hydroxylation is 1. The topological polar surface area (TPSA) is 68.5 Å². The molecular weight excluding hydrogens is 378 g/mol. The summed E-state index contributed by atoms with van der Waals surface area (Å²) < 4.78 is 11.2. The lowest BCUT2D eigenvalue weighted by Crippen LogP contribution is -2.39. The third kappa shape index (κ3) is 4.70. The molecule has 6 nitrogen and oxygen atoms in total. The van der Waals surface area contributed by atoms with Gasteiger partial charge in [0.2, 0.25) is 11.7 Å². The van der Waals surface area contributed by atoms with E-state index in [0.29, 0.717) is 28.9 Å². The molecule has 3 aromatic rings. The highest BCUT2D eigenvalue weighted by molar-refractivity contribution is 6.30. The van der Waals surface area contributed by atoms with Crippen molar-refractivity contribution in [2.24, 2.45) is 0 Å². The third-order valence-electron chi connectivity index (χ3n) is 4.33. The molecule has 0 saturated heterocycles. The van der Waals surface area contributed by atoms with Gasteiger partial charge in [0, 0.05) is 17.6 Å². The van der Waals surface area contributed by atoms with Gasteiger partial charge in [-0.1, -0.05) is 41.9 Å². The molecule has 0 aliphatic carbocycles. The summed E-state index contributed by atoms with van der Waals surface area (Å²) in [4.78, 5) is 18.7. The van der Waals surface area contributed by atoms with E-state index in [1.165, 1.54) is 4.90 Å². The first-order valence-electron chi connectivity index (χ1n) is 9.03. The number of hydrogen-bond donors (Lipinski definition) is 0. The predicted octanol–water partition coefficient (Wildman–Crippen LogP) is 4.51. The highest BCUT2D eigenvalue weighted by Crippen LogP contribution is 2.21. The maximum atomic E-state index is 12.8. The minimum atomic E-state index is -0.579. The Bertz CT molecular complexity index is 940. The molecule has 0 bridgehead atoms. The highest BCUT2D eigenvalue weighted by atomic mass is 35.5. The van der Waals surface area contributed by atoms with Crippen LogP contribution in [0.15, 0.2) is 53.1 Å². The average Bonchev–Trinajstić information content (AvgIpc) is 3.16. The second-order valence-corrected chi connectivity index (χ2v) is 6.93. The van der Waals surface area contributed by atoms with E-state index in [0.717, 1.165) is 11.1 Å². The first-order chi connectivity index (χ1) is 13.5. The number of rotatable bonds is 7. The van der Waals surface area contributed by atoms with Crippen molar-refractivity contribution >= 4 is 17.5 Å². The normalized spacial score (nSPS) is 11.9. The highest BCUT2D eigenvalue weighted by Gasteiger charge is 2.24. The summed E-state index contributed by atoms with van der Waals surface area (Å²) >= 11 is 5.90. The van der Waals surface area contributed by atoms with E-state index in [4.69, 9.17) is 20.9 Å². The Morgan fingerprint density at radius 1 is 1.21 bits per heavy atom. The maximum Gasteiger partial charge on any atom is 0.263 e. The molecule has 1 amide bonds. The molecular formula is C21H22ClN3O3. The second-order valence-electron chi connectivity index (χ2n) is 6.49. The molecule has 0 unspecified atom stereocenters. The number of carbonyl (C=O) groups is 1. The van der Waals surface area contributed by atoms with Crippen molar-refractivity contribution in [2.45, 2.75) is 32.9 Å². The number of carbonyl (C=O) groups excluding carboxylic acids is 1. The number of amides is 1. The number of aromatic nitrogens is 2. The van der Waals surface area contributed by atoms with Gasteiger partial charge in [0.15, 0.2) is 6.10 Å². The summed E-state index contributed by atoms with van der Waals surface area (Å²) in [6.45, 7) is 4.07. The smallest absolute Gasteiger partial charge is 0.263 e. The molecule has 0 spiro atoms. The molecule has 0 aliphatic heterocycles. The van der Waals surface area contributed by atoms with Crippen LogP contribution >= 0.6 is 11.6 Å². The van der Waals surface area contributed by atoms with E-state index in [9.17, 15) is 4.79 Å². The van der Waals surface area contributed by atoms with Crippen LogP contribution in [0.5, 0.6) is 5.75 Å². The molecule has 1 atom stereocenters. The zero-order valence-corrected chi connectivity index (χ0v) is 16.8. The quantitative estimate of drug-likeness (QED) is 0.584. The molecule has 0 aliphatic rings. The van der Waals surface area contributed by atoms with E-state index in [1.807, 2.05) is 50.2 Å². The fraction of sp³-hybridized carbons (Fsp3) is 0.286. The van der Waals surface area contributed by atoms with Crippen LogP contribution in [0.2, 0.25) is 5.02 Å². The van der Waals surface area contributed by atoms with Crippen LogP contribution in [-0.4, -0.2) is 34.1 Å². The molecule has 7 heteroatoms. The van der Waals surface area contributed by atoms with E-state index >= 15 is 0 Å². The molecule has 0 saturated carbocycles. The Morgan fingerprint density at radius 2 is 1.93 bits per heavy atom. The van der Waals surface area contributed by atoms with Crippen LogP contribution < -0.4 is 4.74 Å². The first-order valence-corrected chi connectivity index (χ1v) is 9.41. The Labute approximate surface area is 169 Å². The summed E-state index contributed by atoms with van der Waals surface area (Å²) in [5.41, 5.74) is 1.78. The first kappa shape index (κ1) is 19.9. The largest absolute Gasteiger partial charge is 0.480 e. The molecule has 146 valence electrons. The number of hydrogen-bond acceptors (Lipinski definition) is 5. The Hall–Kier alpha value is -2.86. The van der Waals surface area contributed by atoms with Crippen molar-refractivity contribution in [3.8, 4) is 17.1 Å². The fourth-order valence-corrected chi connectivity index (χ4v) is 2.84. The van der Waals surface area contributed by atoms with Gasteiger partial charge in [0.25, 0.3) is 5.91 Å². The Morgan fingerprint density at radius 3 is 2.61 bits per heavy atom. The number of benzene rings is 2. The molecule has 3 rings (SSSR count). The fourth-order valence-electron chi connectivity index (χ4n) is 2.71. The molecule has 2 aromatic carbocycles. The van der Waals surface area contributed by atoms with Crippen molar-refractivity contribution in [1.82, 2.24) is 15.0 Å². The number of halogens is 1. The number of ether oxygens (including phenoxy) is 1. The molecule has 0 fully saturated rings. The van der Waals surface area contributed by atoms with Crippen LogP contribution in [0.3, 0.4) is 0 Å². The van der Waals surface area contributed by atoms with Crippen LogP contribution in [0.4, 0.5) is 0 Å². The van der Waals surface area contributed by atoms with Gasteiger partial charge in [0.1, 0.15) is 5.75 Å².